The number of rotatable bonds is 3. The number of hydrogen-bond acceptors (Lipinski definition) is 4. The van der Waals surface area contributed by atoms with E-state index < -0.39 is 17.3 Å². The molecule has 1 aromatic rings. The largest absolute Gasteiger partial charge is 0.444 e. The number of piperidine rings is 1. The summed E-state index contributed by atoms with van der Waals surface area (Å²) in [5.74, 6) is 0. The van der Waals surface area contributed by atoms with Crippen LogP contribution >= 0.6 is 0 Å². The van der Waals surface area contributed by atoms with Gasteiger partial charge in [-0.05, 0) is 70.8 Å². The molecule has 1 aliphatic heterocycles. The molecule has 0 aromatic heterocycles. The maximum absolute atomic E-state index is 12.0. The van der Waals surface area contributed by atoms with Crippen molar-refractivity contribution in [1.82, 2.24) is 5.32 Å². The number of carbonyl (C=O) groups is 1. The van der Waals surface area contributed by atoms with Crippen LogP contribution in [0.4, 0.5) is 10.5 Å². The molecule has 3 N–H and O–H groups in total. The molecule has 1 aromatic carbocycles. The first-order valence-corrected chi connectivity index (χ1v) is 8.20. The van der Waals surface area contributed by atoms with Gasteiger partial charge in [0.05, 0.1) is 5.60 Å². The number of anilines is 1. The molecule has 5 heteroatoms. The number of nitrogens with one attached hydrogen (secondary N) is 2. The molecule has 0 radical (unpaired) electrons. The van der Waals surface area contributed by atoms with Crippen LogP contribution in [-0.4, -0.2) is 35.5 Å². The van der Waals surface area contributed by atoms with Crippen molar-refractivity contribution in [1.29, 1.82) is 0 Å². The average molecular weight is 320 g/mol. The molecule has 1 aliphatic rings. The molecule has 0 saturated carbocycles. The number of aliphatic hydroxyl groups is 1. The number of ether oxygens (including phenoxy) is 1. The van der Waals surface area contributed by atoms with Gasteiger partial charge in [-0.3, -0.25) is 5.32 Å². The molecule has 0 spiro atoms. The summed E-state index contributed by atoms with van der Waals surface area (Å²) in [6, 6.07) is 5.90. The third kappa shape index (κ3) is 5.52. The van der Waals surface area contributed by atoms with Gasteiger partial charge < -0.3 is 15.2 Å². The first-order valence-electron chi connectivity index (χ1n) is 8.20. The van der Waals surface area contributed by atoms with Crippen molar-refractivity contribution in [3.63, 3.8) is 0 Å². The second kappa shape index (κ2) is 6.89. The van der Waals surface area contributed by atoms with Crippen LogP contribution in [0.15, 0.2) is 18.2 Å². The molecule has 2 rings (SSSR count). The van der Waals surface area contributed by atoms with Crippen molar-refractivity contribution in [3.05, 3.63) is 29.3 Å². The maximum Gasteiger partial charge on any atom is 0.412 e. The SMILES string of the molecule is Cc1ccc(CC2(O)CCNCC2)cc1NC(=O)OC(C)(C)C. The molecule has 23 heavy (non-hydrogen) atoms. The monoisotopic (exact) mass is 320 g/mol. The van der Waals surface area contributed by atoms with Gasteiger partial charge in [0.2, 0.25) is 0 Å². The molecule has 0 atom stereocenters. The second-order valence-corrected chi connectivity index (χ2v) is 7.43. The fourth-order valence-electron chi connectivity index (χ4n) is 2.78. The first kappa shape index (κ1) is 17.8. The Labute approximate surface area is 138 Å². The van der Waals surface area contributed by atoms with Crippen molar-refractivity contribution in [3.8, 4) is 0 Å². The third-order valence-electron chi connectivity index (χ3n) is 4.01. The summed E-state index contributed by atoms with van der Waals surface area (Å²) in [6.07, 6.45) is 1.63. The summed E-state index contributed by atoms with van der Waals surface area (Å²) >= 11 is 0. The Hall–Kier alpha value is -1.59. The molecule has 1 amide bonds. The minimum Gasteiger partial charge on any atom is -0.444 e. The van der Waals surface area contributed by atoms with Gasteiger partial charge >= 0.3 is 6.09 Å². The highest BCUT2D eigenvalue weighted by atomic mass is 16.6. The molecule has 1 heterocycles. The number of hydrogen-bond donors (Lipinski definition) is 3. The first-order chi connectivity index (χ1) is 10.7. The summed E-state index contributed by atoms with van der Waals surface area (Å²) in [5, 5.41) is 16.7. The molecule has 0 aliphatic carbocycles. The van der Waals surface area contributed by atoms with Crippen LogP contribution in [0.5, 0.6) is 0 Å². The van der Waals surface area contributed by atoms with E-state index in [1.54, 1.807) is 0 Å². The Morgan fingerprint density at radius 1 is 1.35 bits per heavy atom. The van der Waals surface area contributed by atoms with Gasteiger partial charge in [-0.15, -0.1) is 0 Å². The highest BCUT2D eigenvalue weighted by molar-refractivity contribution is 5.86. The van der Waals surface area contributed by atoms with Crippen LogP contribution in [0, 0.1) is 6.92 Å². The van der Waals surface area contributed by atoms with E-state index in [2.05, 4.69) is 10.6 Å². The van der Waals surface area contributed by atoms with E-state index in [4.69, 9.17) is 4.74 Å². The van der Waals surface area contributed by atoms with Crippen LogP contribution in [0.3, 0.4) is 0 Å². The minimum absolute atomic E-state index is 0.460. The Morgan fingerprint density at radius 2 is 2.00 bits per heavy atom. The smallest absolute Gasteiger partial charge is 0.412 e. The fourth-order valence-corrected chi connectivity index (χ4v) is 2.78. The molecule has 1 fully saturated rings. The van der Waals surface area contributed by atoms with E-state index >= 15 is 0 Å². The second-order valence-electron chi connectivity index (χ2n) is 7.43. The number of benzene rings is 1. The normalized spacial score (nSPS) is 17.6. The number of carbonyl (C=O) groups excluding carboxylic acids is 1. The maximum atomic E-state index is 12.0. The highest BCUT2D eigenvalue weighted by Crippen LogP contribution is 2.26. The zero-order chi connectivity index (χ0) is 17.1. The van der Waals surface area contributed by atoms with Gasteiger partial charge in [0.15, 0.2) is 0 Å². The quantitative estimate of drug-likeness (QED) is 0.801. The lowest BCUT2D eigenvalue weighted by molar-refractivity contribution is 0.0109. The number of amides is 1. The van der Waals surface area contributed by atoms with Gasteiger partial charge in [0.25, 0.3) is 0 Å². The summed E-state index contributed by atoms with van der Waals surface area (Å²) in [7, 11) is 0. The number of aryl methyl sites for hydroxylation is 1. The van der Waals surface area contributed by atoms with Gasteiger partial charge in [-0.25, -0.2) is 4.79 Å². The fraction of sp³-hybridized carbons (Fsp3) is 0.611. The van der Waals surface area contributed by atoms with Crippen LogP contribution in [-0.2, 0) is 11.2 Å². The lowest BCUT2D eigenvalue weighted by Gasteiger charge is -2.32. The van der Waals surface area contributed by atoms with Gasteiger partial charge in [0.1, 0.15) is 5.60 Å². The third-order valence-corrected chi connectivity index (χ3v) is 4.01. The van der Waals surface area contributed by atoms with E-state index in [9.17, 15) is 9.90 Å². The van der Waals surface area contributed by atoms with Crippen molar-refractivity contribution in [2.24, 2.45) is 0 Å². The zero-order valence-electron chi connectivity index (χ0n) is 14.5. The van der Waals surface area contributed by atoms with E-state index in [1.165, 1.54) is 0 Å². The standard InChI is InChI=1S/C18H28N2O3/c1-13-5-6-14(12-18(22)7-9-19-10-8-18)11-15(13)20-16(21)23-17(2,3)4/h5-6,11,19,22H,7-10,12H2,1-4H3,(H,20,21). The molecular formula is C18H28N2O3. The van der Waals surface area contributed by atoms with Gasteiger partial charge in [-0.1, -0.05) is 12.1 Å². The molecule has 128 valence electrons. The predicted octanol–water partition coefficient (Wildman–Crippen LogP) is 3.00. The Bertz CT molecular complexity index is 558. The molecule has 0 unspecified atom stereocenters. The van der Waals surface area contributed by atoms with Gasteiger partial charge in [-0.2, -0.15) is 0 Å². The Kier molecular flexibility index (Phi) is 5.32. The summed E-state index contributed by atoms with van der Waals surface area (Å²) in [5.41, 5.74) is 1.53. The van der Waals surface area contributed by atoms with Crippen molar-refractivity contribution in [2.45, 2.75) is 58.2 Å². The van der Waals surface area contributed by atoms with Crippen molar-refractivity contribution < 1.29 is 14.6 Å². The van der Waals surface area contributed by atoms with Crippen LogP contribution < -0.4 is 10.6 Å². The van der Waals surface area contributed by atoms with Crippen molar-refractivity contribution in [2.75, 3.05) is 18.4 Å². The molecular weight excluding hydrogens is 292 g/mol. The minimum atomic E-state index is -0.663. The molecule has 1 saturated heterocycles. The van der Waals surface area contributed by atoms with E-state index in [0.29, 0.717) is 6.42 Å². The Morgan fingerprint density at radius 3 is 2.61 bits per heavy atom. The van der Waals surface area contributed by atoms with Gasteiger partial charge in [0, 0.05) is 12.1 Å². The zero-order valence-corrected chi connectivity index (χ0v) is 14.5. The lowest BCUT2D eigenvalue weighted by atomic mass is 9.86. The van der Waals surface area contributed by atoms with E-state index in [0.717, 1.165) is 42.7 Å². The van der Waals surface area contributed by atoms with Crippen LogP contribution in [0.2, 0.25) is 0 Å². The molecule has 5 nitrogen and oxygen atoms in total. The van der Waals surface area contributed by atoms with Crippen molar-refractivity contribution >= 4 is 11.8 Å². The van der Waals surface area contributed by atoms with Crippen LogP contribution in [0.25, 0.3) is 0 Å². The van der Waals surface area contributed by atoms with E-state index in [-0.39, 0.29) is 0 Å². The summed E-state index contributed by atoms with van der Waals surface area (Å²) < 4.78 is 5.30. The molecule has 0 bridgehead atoms. The van der Waals surface area contributed by atoms with Crippen LogP contribution in [0.1, 0.15) is 44.7 Å². The van der Waals surface area contributed by atoms with E-state index in [1.807, 2.05) is 45.9 Å². The summed E-state index contributed by atoms with van der Waals surface area (Å²) in [6.45, 7) is 9.12. The Balaban J connectivity index is 2.08. The predicted molar refractivity (Wildman–Crippen MR) is 91.8 cm³/mol. The topological polar surface area (TPSA) is 70.6 Å². The highest BCUT2D eigenvalue weighted by Gasteiger charge is 2.29. The summed E-state index contributed by atoms with van der Waals surface area (Å²) in [4.78, 5) is 12.0. The average Bonchev–Trinajstić information content (AvgIpc) is 2.41. The lowest BCUT2D eigenvalue weighted by Crippen LogP contribution is -2.43.